The fraction of sp³-hybridized carbons (Fsp3) is 0.606. The highest BCUT2D eigenvalue weighted by atomic mass is 16.5. The molecular formula is C33H49N3O5. The van der Waals surface area contributed by atoms with Gasteiger partial charge in [0, 0.05) is 37.6 Å². The van der Waals surface area contributed by atoms with E-state index in [1.807, 2.05) is 36.4 Å². The van der Waals surface area contributed by atoms with Crippen LogP contribution in [0.1, 0.15) is 56.6 Å². The SMILES string of the molecule is CCC(CN[C@@H]1CCN([C@@H]2CCCC[C@H]2OCCc2ccc(OC)c(OC)c2)C1)COc1ccc(CC(N)=O)cc1. The van der Waals surface area contributed by atoms with Crippen molar-refractivity contribution in [2.24, 2.45) is 11.7 Å². The minimum absolute atomic E-state index is 0.257. The number of nitrogens with two attached hydrogens (primary N) is 1. The predicted molar refractivity (Wildman–Crippen MR) is 162 cm³/mol. The van der Waals surface area contributed by atoms with E-state index in [1.165, 1.54) is 31.2 Å². The van der Waals surface area contributed by atoms with Gasteiger partial charge in [0.1, 0.15) is 5.75 Å². The minimum atomic E-state index is -0.320. The molecule has 2 fully saturated rings. The number of likely N-dealkylation sites (tertiary alicyclic amines) is 1. The molecule has 1 aliphatic carbocycles. The van der Waals surface area contributed by atoms with Crippen LogP contribution in [0.15, 0.2) is 42.5 Å². The lowest BCUT2D eigenvalue weighted by Crippen LogP contribution is -2.47. The second kappa shape index (κ2) is 16.0. The molecule has 1 saturated carbocycles. The van der Waals surface area contributed by atoms with Gasteiger partial charge in [-0.15, -0.1) is 0 Å². The lowest BCUT2D eigenvalue weighted by Gasteiger charge is -2.38. The first-order valence-electron chi connectivity index (χ1n) is 15.3. The molecule has 1 saturated heterocycles. The summed E-state index contributed by atoms with van der Waals surface area (Å²) in [6.45, 7) is 6.77. The van der Waals surface area contributed by atoms with Crippen molar-refractivity contribution in [3.63, 3.8) is 0 Å². The van der Waals surface area contributed by atoms with Crippen LogP contribution in [0, 0.1) is 5.92 Å². The molecule has 2 aromatic rings. The molecule has 0 radical (unpaired) electrons. The van der Waals surface area contributed by atoms with E-state index in [4.69, 9.17) is 24.7 Å². The van der Waals surface area contributed by atoms with Crippen molar-refractivity contribution < 1.29 is 23.7 Å². The zero-order valence-corrected chi connectivity index (χ0v) is 25.1. The molecule has 8 nitrogen and oxygen atoms in total. The van der Waals surface area contributed by atoms with Gasteiger partial charge in [0.05, 0.1) is 40.0 Å². The molecule has 4 rings (SSSR count). The van der Waals surface area contributed by atoms with E-state index >= 15 is 0 Å². The Morgan fingerprint density at radius 1 is 1.02 bits per heavy atom. The van der Waals surface area contributed by atoms with E-state index < -0.39 is 0 Å². The minimum Gasteiger partial charge on any atom is -0.493 e. The molecule has 1 amide bonds. The molecule has 1 heterocycles. The van der Waals surface area contributed by atoms with Gasteiger partial charge in [-0.3, -0.25) is 9.69 Å². The third kappa shape index (κ3) is 9.35. The first-order chi connectivity index (χ1) is 20.0. The van der Waals surface area contributed by atoms with Crippen molar-refractivity contribution >= 4 is 5.91 Å². The summed E-state index contributed by atoms with van der Waals surface area (Å²) in [6.07, 6.45) is 8.55. The van der Waals surface area contributed by atoms with Gasteiger partial charge in [0.2, 0.25) is 5.91 Å². The Labute approximate surface area is 245 Å². The second-order valence-electron chi connectivity index (χ2n) is 11.5. The van der Waals surface area contributed by atoms with Crippen molar-refractivity contribution in [2.45, 2.75) is 76.5 Å². The highest BCUT2D eigenvalue weighted by Gasteiger charge is 2.35. The van der Waals surface area contributed by atoms with E-state index in [2.05, 4.69) is 23.2 Å². The van der Waals surface area contributed by atoms with Crippen LogP contribution in [0.25, 0.3) is 0 Å². The Morgan fingerprint density at radius 3 is 2.51 bits per heavy atom. The summed E-state index contributed by atoms with van der Waals surface area (Å²) >= 11 is 0. The summed E-state index contributed by atoms with van der Waals surface area (Å²) in [6, 6.07) is 14.8. The Bertz CT molecular complexity index is 1080. The molecule has 1 unspecified atom stereocenters. The number of carbonyl (C=O) groups is 1. The lowest BCUT2D eigenvalue weighted by atomic mass is 9.91. The zero-order valence-electron chi connectivity index (χ0n) is 25.1. The number of benzene rings is 2. The lowest BCUT2D eigenvalue weighted by molar-refractivity contribution is -0.117. The number of carbonyl (C=O) groups excluding carboxylic acids is 1. The molecule has 8 heteroatoms. The van der Waals surface area contributed by atoms with E-state index in [9.17, 15) is 4.79 Å². The van der Waals surface area contributed by atoms with Gasteiger partial charge in [-0.1, -0.05) is 38.0 Å². The van der Waals surface area contributed by atoms with Gasteiger partial charge in [0.25, 0.3) is 0 Å². The fourth-order valence-corrected chi connectivity index (χ4v) is 6.08. The summed E-state index contributed by atoms with van der Waals surface area (Å²) in [5.41, 5.74) is 7.40. The maximum absolute atomic E-state index is 11.1. The zero-order chi connectivity index (χ0) is 29.0. The molecule has 0 spiro atoms. The first kappa shape index (κ1) is 31.1. The Kier molecular flexibility index (Phi) is 12.1. The van der Waals surface area contributed by atoms with E-state index in [0.29, 0.717) is 30.7 Å². The van der Waals surface area contributed by atoms with Crippen molar-refractivity contribution in [2.75, 3.05) is 47.1 Å². The average molecular weight is 568 g/mol. The normalized spacial score (nSPS) is 21.9. The van der Waals surface area contributed by atoms with Crippen LogP contribution in [0.2, 0.25) is 0 Å². The van der Waals surface area contributed by atoms with Crippen LogP contribution in [0.4, 0.5) is 0 Å². The molecule has 0 aromatic heterocycles. The third-order valence-electron chi connectivity index (χ3n) is 8.59. The van der Waals surface area contributed by atoms with Gasteiger partial charge in [-0.2, -0.15) is 0 Å². The van der Waals surface area contributed by atoms with Crippen molar-refractivity contribution in [1.82, 2.24) is 10.2 Å². The molecule has 2 aliphatic rings. The highest BCUT2D eigenvalue weighted by molar-refractivity contribution is 5.76. The Balaban J connectivity index is 1.19. The second-order valence-corrected chi connectivity index (χ2v) is 11.5. The van der Waals surface area contributed by atoms with Crippen LogP contribution in [0.3, 0.4) is 0 Å². The van der Waals surface area contributed by atoms with Gasteiger partial charge in [-0.05, 0) is 67.5 Å². The summed E-state index contributed by atoms with van der Waals surface area (Å²) < 4.78 is 23.4. The number of nitrogens with one attached hydrogen (secondary N) is 1. The van der Waals surface area contributed by atoms with Gasteiger partial charge < -0.3 is 30.0 Å². The molecule has 41 heavy (non-hydrogen) atoms. The van der Waals surface area contributed by atoms with Crippen LogP contribution in [0.5, 0.6) is 17.2 Å². The number of nitrogens with zero attached hydrogens (tertiary/aromatic N) is 1. The Morgan fingerprint density at radius 2 is 1.78 bits per heavy atom. The maximum atomic E-state index is 11.1. The van der Waals surface area contributed by atoms with Crippen LogP contribution < -0.4 is 25.3 Å². The summed E-state index contributed by atoms with van der Waals surface area (Å²) in [5, 5.41) is 3.83. The predicted octanol–water partition coefficient (Wildman–Crippen LogP) is 4.37. The van der Waals surface area contributed by atoms with Crippen LogP contribution in [-0.4, -0.2) is 76.1 Å². The first-order valence-corrected chi connectivity index (χ1v) is 15.3. The number of methoxy groups -OCH3 is 2. The molecule has 2 aromatic carbocycles. The summed E-state index contributed by atoms with van der Waals surface area (Å²) in [4.78, 5) is 13.8. The van der Waals surface area contributed by atoms with Gasteiger partial charge in [-0.25, -0.2) is 0 Å². The van der Waals surface area contributed by atoms with Gasteiger partial charge in [0.15, 0.2) is 11.5 Å². The molecule has 3 N–H and O–H groups in total. The number of rotatable bonds is 16. The summed E-state index contributed by atoms with van der Waals surface area (Å²) in [7, 11) is 3.34. The number of hydrogen-bond donors (Lipinski definition) is 2. The van der Waals surface area contributed by atoms with Gasteiger partial charge >= 0.3 is 0 Å². The monoisotopic (exact) mass is 567 g/mol. The number of ether oxygens (including phenoxy) is 4. The van der Waals surface area contributed by atoms with E-state index in [-0.39, 0.29) is 12.3 Å². The Hall–Kier alpha value is -2.81. The number of primary amides is 1. The maximum Gasteiger partial charge on any atom is 0.221 e. The highest BCUT2D eigenvalue weighted by Crippen LogP contribution is 2.30. The molecule has 226 valence electrons. The van der Waals surface area contributed by atoms with Crippen molar-refractivity contribution in [1.29, 1.82) is 0 Å². The standard InChI is InChI=1S/C33H49N3O5/c1-4-24(23-41-28-12-9-25(10-13-28)20-33(34)37)21-35-27-15-17-36(22-27)29-7-5-6-8-30(29)40-18-16-26-11-14-31(38-2)32(19-26)39-3/h9-14,19,24,27,29-30,35H,4-8,15-18,20-23H2,1-3H3,(H2,34,37)/t24?,27-,29-,30-/m1/s1. The fourth-order valence-electron chi connectivity index (χ4n) is 6.08. The average Bonchev–Trinajstić information content (AvgIpc) is 3.47. The quantitative estimate of drug-likeness (QED) is 0.311. The molecule has 0 bridgehead atoms. The topological polar surface area (TPSA) is 95.3 Å². The van der Waals surface area contributed by atoms with Crippen molar-refractivity contribution in [3.8, 4) is 17.2 Å². The number of hydrogen-bond acceptors (Lipinski definition) is 7. The summed E-state index contributed by atoms with van der Waals surface area (Å²) in [5.74, 6) is 2.48. The molecule has 1 aliphatic heterocycles. The van der Waals surface area contributed by atoms with Crippen LogP contribution in [-0.2, 0) is 22.4 Å². The van der Waals surface area contributed by atoms with E-state index in [0.717, 1.165) is 68.3 Å². The molecular weight excluding hydrogens is 518 g/mol. The third-order valence-corrected chi connectivity index (χ3v) is 8.59. The number of amides is 1. The largest absolute Gasteiger partial charge is 0.493 e. The smallest absolute Gasteiger partial charge is 0.221 e. The van der Waals surface area contributed by atoms with E-state index in [1.54, 1.807) is 14.2 Å². The van der Waals surface area contributed by atoms with Crippen molar-refractivity contribution in [3.05, 3.63) is 53.6 Å². The molecule has 4 atom stereocenters. The van der Waals surface area contributed by atoms with Crippen LogP contribution >= 0.6 is 0 Å².